The van der Waals surface area contributed by atoms with Gasteiger partial charge in [0.05, 0.1) is 17.9 Å². The van der Waals surface area contributed by atoms with Gasteiger partial charge < -0.3 is 5.32 Å². The molecule has 8 heteroatoms. The number of fused-ring (bicyclic) bond motifs is 1. The summed E-state index contributed by atoms with van der Waals surface area (Å²) in [6.45, 7) is 0. The Morgan fingerprint density at radius 1 is 1.29 bits per heavy atom. The maximum Gasteiger partial charge on any atom is 0.251 e. The highest BCUT2D eigenvalue weighted by atomic mass is 16.1. The standard InChI is InChI=1S/C16H17N7O/c1-22-15-4-2-3-14(13(15)9-18-22)19-16(24)11-5-7-12(8-6-11)23-10-17-20-21-23/h5-10,14H,2-4H2,1H3,(H,19,24). The molecule has 8 nitrogen and oxygen atoms in total. The Morgan fingerprint density at radius 2 is 2.12 bits per heavy atom. The Kier molecular flexibility index (Phi) is 3.56. The molecule has 3 aromatic rings. The van der Waals surface area contributed by atoms with Crippen LogP contribution in [0.1, 0.15) is 40.5 Å². The van der Waals surface area contributed by atoms with Crippen molar-refractivity contribution < 1.29 is 4.79 Å². The van der Waals surface area contributed by atoms with Gasteiger partial charge in [-0.2, -0.15) is 5.10 Å². The third kappa shape index (κ3) is 2.55. The second kappa shape index (κ2) is 5.88. The van der Waals surface area contributed by atoms with E-state index in [4.69, 9.17) is 0 Å². The van der Waals surface area contributed by atoms with E-state index in [1.807, 2.05) is 30.1 Å². The number of aromatic nitrogens is 6. The van der Waals surface area contributed by atoms with Gasteiger partial charge in [-0.25, -0.2) is 4.68 Å². The van der Waals surface area contributed by atoms with Crippen molar-refractivity contribution in [2.75, 3.05) is 0 Å². The minimum absolute atomic E-state index is 0.0224. The lowest BCUT2D eigenvalue weighted by molar-refractivity contribution is 0.0932. The van der Waals surface area contributed by atoms with Crippen molar-refractivity contribution in [3.63, 3.8) is 0 Å². The molecule has 1 unspecified atom stereocenters. The zero-order valence-corrected chi connectivity index (χ0v) is 13.3. The van der Waals surface area contributed by atoms with Gasteiger partial charge in [0.15, 0.2) is 0 Å². The van der Waals surface area contributed by atoms with Crippen LogP contribution in [0.4, 0.5) is 0 Å². The van der Waals surface area contributed by atoms with Crippen LogP contribution in [0.5, 0.6) is 0 Å². The highest BCUT2D eigenvalue weighted by molar-refractivity contribution is 5.94. The SMILES string of the molecule is Cn1ncc2c1CCCC2NC(=O)c1ccc(-n2cnnn2)cc1. The number of benzene rings is 1. The maximum absolute atomic E-state index is 12.5. The van der Waals surface area contributed by atoms with Gasteiger partial charge in [-0.3, -0.25) is 9.48 Å². The lowest BCUT2D eigenvalue weighted by atomic mass is 9.93. The molecule has 1 aromatic carbocycles. The molecule has 0 saturated heterocycles. The summed E-state index contributed by atoms with van der Waals surface area (Å²) in [5, 5.41) is 18.5. The van der Waals surface area contributed by atoms with Gasteiger partial charge in [0.2, 0.25) is 0 Å². The van der Waals surface area contributed by atoms with Crippen molar-refractivity contribution >= 4 is 5.91 Å². The molecule has 4 rings (SSSR count). The van der Waals surface area contributed by atoms with Gasteiger partial charge in [-0.1, -0.05) is 0 Å². The summed E-state index contributed by atoms with van der Waals surface area (Å²) < 4.78 is 3.44. The summed E-state index contributed by atoms with van der Waals surface area (Å²) in [4.78, 5) is 12.5. The van der Waals surface area contributed by atoms with E-state index in [0.717, 1.165) is 30.5 Å². The molecule has 2 heterocycles. The van der Waals surface area contributed by atoms with Crippen molar-refractivity contribution in [3.05, 3.63) is 53.6 Å². The van der Waals surface area contributed by atoms with Gasteiger partial charge in [0, 0.05) is 23.9 Å². The number of hydrogen-bond donors (Lipinski definition) is 1. The number of nitrogens with one attached hydrogen (secondary N) is 1. The van der Waals surface area contributed by atoms with Crippen molar-refractivity contribution in [1.29, 1.82) is 0 Å². The molecule has 0 aliphatic heterocycles. The number of carbonyl (C=O) groups is 1. The van der Waals surface area contributed by atoms with Gasteiger partial charge in [-0.05, 0) is 54.0 Å². The molecule has 1 N–H and O–H groups in total. The summed E-state index contributed by atoms with van der Waals surface area (Å²) in [6, 6.07) is 7.22. The first kappa shape index (κ1) is 14.6. The Morgan fingerprint density at radius 3 is 2.88 bits per heavy atom. The number of hydrogen-bond acceptors (Lipinski definition) is 5. The number of aryl methyl sites for hydroxylation is 1. The first-order chi connectivity index (χ1) is 11.7. The van der Waals surface area contributed by atoms with Crippen LogP contribution in [0, 0.1) is 0 Å². The van der Waals surface area contributed by atoms with Gasteiger partial charge >= 0.3 is 0 Å². The fraction of sp³-hybridized carbons (Fsp3) is 0.312. The molecular formula is C16H17N7O. The van der Waals surface area contributed by atoms with E-state index in [1.165, 1.54) is 12.0 Å². The molecule has 0 radical (unpaired) electrons. The number of amides is 1. The lowest BCUT2D eigenvalue weighted by Crippen LogP contribution is -2.30. The maximum atomic E-state index is 12.5. The predicted molar refractivity (Wildman–Crippen MR) is 85.5 cm³/mol. The molecule has 1 aliphatic carbocycles. The highest BCUT2D eigenvalue weighted by Gasteiger charge is 2.25. The first-order valence-electron chi connectivity index (χ1n) is 7.87. The van der Waals surface area contributed by atoms with Gasteiger partial charge in [-0.15, -0.1) is 5.10 Å². The minimum Gasteiger partial charge on any atom is -0.345 e. The van der Waals surface area contributed by atoms with Gasteiger partial charge in [0.1, 0.15) is 6.33 Å². The second-order valence-electron chi connectivity index (χ2n) is 5.89. The number of carbonyl (C=O) groups excluding carboxylic acids is 1. The Hall–Kier alpha value is -3.03. The molecule has 0 bridgehead atoms. The molecule has 0 spiro atoms. The largest absolute Gasteiger partial charge is 0.345 e. The van der Waals surface area contributed by atoms with Crippen LogP contribution < -0.4 is 5.32 Å². The zero-order chi connectivity index (χ0) is 16.5. The van der Waals surface area contributed by atoms with Gasteiger partial charge in [0.25, 0.3) is 5.91 Å². The van der Waals surface area contributed by atoms with Crippen LogP contribution in [-0.2, 0) is 13.5 Å². The summed E-state index contributed by atoms with van der Waals surface area (Å²) >= 11 is 0. The van der Waals surface area contributed by atoms with Crippen molar-refractivity contribution in [2.45, 2.75) is 25.3 Å². The smallest absolute Gasteiger partial charge is 0.251 e. The van der Waals surface area contributed by atoms with Crippen molar-refractivity contribution in [1.82, 2.24) is 35.3 Å². The van der Waals surface area contributed by atoms with E-state index in [1.54, 1.807) is 16.8 Å². The molecule has 1 aliphatic rings. The Bertz CT molecular complexity index is 851. The van der Waals surface area contributed by atoms with Crippen LogP contribution in [0.25, 0.3) is 5.69 Å². The molecule has 0 fully saturated rings. The molecular weight excluding hydrogens is 306 g/mol. The van der Waals surface area contributed by atoms with Crippen molar-refractivity contribution in [3.8, 4) is 5.69 Å². The average Bonchev–Trinajstić information content (AvgIpc) is 3.26. The predicted octanol–water partition coefficient (Wildman–Crippen LogP) is 1.20. The molecule has 1 amide bonds. The Labute approximate surface area is 138 Å². The van der Waals surface area contributed by atoms with Crippen molar-refractivity contribution in [2.24, 2.45) is 7.05 Å². The molecule has 122 valence electrons. The van der Waals surface area contributed by atoms with E-state index < -0.39 is 0 Å². The van der Waals surface area contributed by atoms with Crippen LogP contribution in [0.3, 0.4) is 0 Å². The van der Waals surface area contributed by atoms with E-state index >= 15 is 0 Å². The minimum atomic E-state index is -0.0834. The lowest BCUT2D eigenvalue weighted by Gasteiger charge is -2.23. The van der Waals surface area contributed by atoms with Crippen LogP contribution >= 0.6 is 0 Å². The summed E-state index contributed by atoms with van der Waals surface area (Å²) in [5.41, 5.74) is 3.76. The van der Waals surface area contributed by atoms with E-state index in [2.05, 4.69) is 25.9 Å². The fourth-order valence-electron chi connectivity index (χ4n) is 3.14. The number of tetrazole rings is 1. The van der Waals surface area contributed by atoms with Crippen LogP contribution in [0.2, 0.25) is 0 Å². The normalized spacial score (nSPS) is 16.6. The highest BCUT2D eigenvalue weighted by Crippen LogP contribution is 2.29. The first-order valence-corrected chi connectivity index (χ1v) is 7.87. The number of rotatable bonds is 3. The fourth-order valence-corrected chi connectivity index (χ4v) is 3.14. The monoisotopic (exact) mass is 323 g/mol. The average molecular weight is 323 g/mol. The number of nitrogens with zero attached hydrogens (tertiary/aromatic N) is 6. The molecule has 1 atom stereocenters. The zero-order valence-electron chi connectivity index (χ0n) is 13.3. The summed E-state index contributed by atoms with van der Waals surface area (Å²) in [5.74, 6) is -0.0834. The Balaban J connectivity index is 1.51. The summed E-state index contributed by atoms with van der Waals surface area (Å²) in [7, 11) is 1.95. The quantitative estimate of drug-likeness (QED) is 0.782. The molecule has 2 aromatic heterocycles. The molecule has 0 saturated carbocycles. The third-order valence-corrected chi connectivity index (χ3v) is 4.42. The van der Waals surface area contributed by atoms with Crippen LogP contribution in [0.15, 0.2) is 36.8 Å². The second-order valence-corrected chi connectivity index (χ2v) is 5.89. The third-order valence-electron chi connectivity index (χ3n) is 4.42. The topological polar surface area (TPSA) is 90.5 Å². The summed E-state index contributed by atoms with van der Waals surface area (Å²) in [6.07, 6.45) is 6.38. The molecule has 24 heavy (non-hydrogen) atoms. The van der Waals surface area contributed by atoms with E-state index in [0.29, 0.717) is 5.56 Å². The van der Waals surface area contributed by atoms with Crippen LogP contribution in [-0.4, -0.2) is 35.9 Å². The van der Waals surface area contributed by atoms with E-state index in [9.17, 15) is 4.79 Å². The van der Waals surface area contributed by atoms with E-state index in [-0.39, 0.29) is 11.9 Å².